The van der Waals surface area contributed by atoms with E-state index in [9.17, 15) is 4.79 Å². The zero-order valence-corrected chi connectivity index (χ0v) is 16.1. The molecule has 0 radical (unpaired) electrons. The van der Waals surface area contributed by atoms with E-state index in [1.807, 2.05) is 0 Å². The Labute approximate surface area is 148 Å². The van der Waals surface area contributed by atoms with Crippen molar-refractivity contribution in [3.8, 4) is 0 Å². The Morgan fingerprint density at radius 3 is 2.25 bits per heavy atom. The van der Waals surface area contributed by atoms with Gasteiger partial charge in [-0.2, -0.15) is 0 Å². The molecule has 24 heavy (non-hydrogen) atoms. The second kappa shape index (κ2) is 8.15. The maximum atomic E-state index is 13.7. The predicted octanol–water partition coefficient (Wildman–Crippen LogP) is 4.55. The normalized spacial score (nSPS) is 17.9. The van der Waals surface area contributed by atoms with Crippen LogP contribution in [0.1, 0.15) is 70.4 Å². The van der Waals surface area contributed by atoms with Gasteiger partial charge in [0.05, 0.1) is 11.6 Å². The molecule has 0 bridgehead atoms. The SMILES string of the molecule is CCCCC1(CCCC)C(=O)N(C(C)N(C)C)Cc2ccccc21. The molecule has 0 saturated heterocycles. The first-order valence-corrected chi connectivity index (χ1v) is 9.53. The van der Waals surface area contributed by atoms with Gasteiger partial charge in [-0.3, -0.25) is 9.69 Å². The second-order valence-electron chi connectivity index (χ2n) is 7.47. The molecule has 1 heterocycles. The van der Waals surface area contributed by atoms with Crippen LogP contribution in [0.2, 0.25) is 0 Å². The molecule has 0 fully saturated rings. The summed E-state index contributed by atoms with van der Waals surface area (Å²) < 4.78 is 0. The number of hydrogen-bond donors (Lipinski definition) is 0. The third-order valence-electron chi connectivity index (χ3n) is 5.66. The van der Waals surface area contributed by atoms with E-state index in [4.69, 9.17) is 0 Å². The average Bonchev–Trinajstić information content (AvgIpc) is 2.59. The zero-order chi connectivity index (χ0) is 17.7. The summed E-state index contributed by atoms with van der Waals surface area (Å²) in [6, 6.07) is 8.63. The molecule has 3 heteroatoms. The van der Waals surface area contributed by atoms with Crippen LogP contribution < -0.4 is 0 Å². The minimum Gasteiger partial charge on any atom is -0.322 e. The number of amides is 1. The third-order valence-corrected chi connectivity index (χ3v) is 5.66. The summed E-state index contributed by atoms with van der Waals surface area (Å²) in [5.41, 5.74) is 2.29. The summed E-state index contributed by atoms with van der Waals surface area (Å²) in [5.74, 6) is 0.337. The highest BCUT2D eigenvalue weighted by molar-refractivity contribution is 5.90. The summed E-state index contributed by atoms with van der Waals surface area (Å²) in [6.45, 7) is 7.30. The van der Waals surface area contributed by atoms with Crippen molar-refractivity contribution in [1.82, 2.24) is 9.80 Å². The van der Waals surface area contributed by atoms with Gasteiger partial charge in [-0.15, -0.1) is 0 Å². The largest absolute Gasteiger partial charge is 0.322 e. The first-order chi connectivity index (χ1) is 11.5. The van der Waals surface area contributed by atoms with Crippen LogP contribution in [0, 0.1) is 0 Å². The molecule has 2 rings (SSSR count). The van der Waals surface area contributed by atoms with Gasteiger partial charge in [0.2, 0.25) is 5.91 Å². The first-order valence-electron chi connectivity index (χ1n) is 9.53. The van der Waals surface area contributed by atoms with Crippen LogP contribution in [0.4, 0.5) is 0 Å². The molecule has 1 atom stereocenters. The minimum atomic E-state index is -0.328. The summed E-state index contributed by atoms with van der Waals surface area (Å²) in [5, 5.41) is 0. The van der Waals surface area contributed by atoms with Gasteiger partial charge in [0.15, 0.2) is 0 Å². The van der Waals surface area contributed by atoms with Crippen molar-refractivity contribution in [3.63, 3.8) is 0 Å². The lowest BCUT2D eigenvalue weighted by Gasteiger charge is -2.47. The van der Waals surface area contributed by atoms with Crippen LogP contribution >= 0.6 is 0 Å². The van der Waals surface area contributed by atoms with E-state index in [1.54, 1.807) is 0 Å². The van der Waals surface area contributed by atoms with E-state index in [2.05, 4.69) is 68.9 Å². The molecule has 0 aliphatic carbocycles. The topological polar surface area (TPSA) is 23.6 Å². The van der Waals surface area contributed by atoms with Crippen molar-refractivity contribution in [2.24, 2.45) is 0 Å². The molecule has 3 nitrogen and oxygen atoms in total. The van der Waals surface area contributed by atoms with Gasteiger partial charge in [-0.25, -0.2) is 0 Å². The highest BCUT2D eigenvalue weighted by atomic mass is 16.2. The second-order valence-corrected chi connectivity index (χ2v) is 7.47. The van der Waals surface area contributed by atoms with Gasteiger partial charge in [0, 0.05) is 6.54 Å². The molecular formula is C21H34N2O. The molecule has 134 valence electrons. The lowest BCUT2D eigenvalue weighted by Crippen LogP contribution is -2.56. The van der Waals surface area contributed by atoms with Crippen molar-refractivity contribution >= 4 is 5.91 Å². The minimum absolute atomic E-state index is 0.119. The van der Waals surface area contributed by atoms with Crippen molar-refractivity contribution in [2.75, 3.05) is 14.1 Å². The molecule has 0 N–H and O–H groups in total. The molecule has 1 aromatic rings. The Bertz CT molecular complexity index is 545. The van der Waals surface area contributed by atoms with Gasteiger partial charge in [-0.1, -0.05) is 63.8 Å². The Kier molecular flexibility index (Phi) is 6.45. The molecule has 1 aromatic carbocycles. The van der Waals surface area contributed by atoms with Crippen LogP contribution in [-0.2, 0) is 16.8 Å². The van der Waals surface area contributed by atoms with Gasteiger partial charge in [-0.05, 0) is 45.0 Å². The van der Waals surface area contributed by atoms with Crippen molar-refractivity contribution < 1.29 is 4.79 Å². The van der Waals surface area contributed by atoms with Crippen molar-refractivity contribution in [1.29, 1.82) is 0 Å². The maximum Gasteiger partial charge on any atom is 0.234 e. The zero-order valence-electron chi connectivity index (χ0n) is 16.1. The van der Waals surface area contributed by atoms with Crippen LogP contribution in [0.5, 0.6) is 0 Å². The number of nitrogens with zero attached hydrogens (tertiary/aromatic N) is 2. The number of carbonyl (C=O) groups excluding carboxylic acids is 1. The summed E-state index contributed by atoms with van der Waals surface area (Å²) in [7, 11) is 4.11. The van der Waals surface area contributed by atoms with E-state index >= 15 is 0 Å². The lowest BCUT2D eigenvalue weighted by molar-refractivity contribution is -0.146. The fraction of sp³-hybridized carbons (Fsp3) is 0.667. The molecule has 0 spiro atoms. The third kappa shape index (κ3) is 3.51. The highest BCUT2D eigenvalue weighted by Gasteiger charge is 2.47. The summed E-state index contributed by atoms with van der Waals surface area (Å²) in [4.78, 5) is 17.9. The number of hydrogen-bond acceptors (Lipinski definition) is 2. The van der Waals surface area contributed by atoms with E-state index in [0.717, 1.165) is 45.1 Å². The van der Waals surface area contributed by atoms with Crippen LogP contribution in [0.3, 0.4) is 0 Å². The summed E-state index contributed by atoms with van der Waals surface area (Å²) >= 11 is 0. The average molecular weight is 331 g/mol. The smallest absolute Gasteiger partial charge is 0.234 e. The van der Waals surface area contributed by atoms with E-state index in [1.165, 1.54) is 11.1 Å². The van der Waals surface area contributed by atoms with Crippen LogP contribution in [0.25, 0.3) is 0 Å². The molecule has 1 aliphatic rings. The first kappa shape index (κ1) is 19.0. The van der Waals surface area contributed by atoms with Gasteiger partial charge in [0.1, 0.15) is 0 Å². The van der Waals surface area contributed by atoms with Crippen molar-refractivity contribution in [2.45, 2.75) is 77.4 Å². The number of fused-ring (bicyclic) bond motifs is 1. The Morgan fingerprint density at radius 2 is 1.71 bits per heavy atom. The van der Waals surface area contributed by atoms with Gasteiger partial charge >= 0.3 is 0 Å². The number of rotatable bonds is 8. The Hall–Kier alpha value is -1.35. The Balaban J connectivity index is 2.52. The predicted molar refractivity (Wildman–Crippen MR) is 101 cm³/mol. The van der Waals surface area contributed by atoms with Gasteiger partial charge in [0.25, 0.3) is 0 Å². The van der Waals surface area contributed by atoms with Gasteiger partial charge < -0.3 is 4.90 Å². The van der Waals surface area contributed by atoms with E-state index < -0.39 is 0 Å². The molecular weight excluding hydrogens is 296 g/mol. The quantitative estimate of drug-likeness (QED) is 0.698. The van der Waals surface area contributed by atoms with Crippen molar-refractivity contribution in [3.05, 3.63) is 35.4 Å². The highest BCUT2D eigenvalue weighted by Crippen LogP contribution is 2.43. The maximum absolute atomic E-state index is 13.7. The standard InChI is InChI=1S/C21H34N2O/c1-6-8-14-21(15-9-7-2)19-13-11-10-12-18(19)16-23(20(21)24)17(3)22(4)5/h10-13,17H,6-9,14-16H2,1-5H3. The fourth-order valence-electron chi connectivity index (χ4n) is 3.92. The fourth-order valence-corrected chi connectivity index (χ4v) is 3.92. The van der Waals surface area contributed by atoms with Crippen LogP contribution in [-0.4, -0.2) is 36.0 Å². The molecule has 0 aromatic heterocycles. The molecule has 0 saturated carbocycles. The molecule has 1 aliphatic heterocycles. The number of carbonyl (C=O) groups is 1. The van der Waals surface area contributed by atoms with Crippen LogP contribution in [0.15, 0.2) is 24.3 Å². The molecule has 1 unspecified atom stereocenters. The number of benzene rings is 1. The number of unbranched alkanes of at least 4 members (excludes halogenated alkanes) is 2. The van der Waals surface area contributed by atoms with E-state index in [-0.39, 0.29) is 11.6 Å². The Morgan fingerprint density at radius 1 is 1.12 bits per heavy atom. The summed E-state index contributed by atoms with van der Waals surface area (Å²) in [6.07, 6.45) is 6.53. The molecule has 1 amide bonds. The van der Waals surface area contributed by atoms with E-state index in [0.29, 0.717) is 5.91 Å². The monoisotopic (exact) mass is 330 g/mol. The lowest BCUT2D eigenvalue weighted by atomic mass is 9.68.